The van der Waals surface area contributed by atoms with Crippen molar-refractivity contribution in [2.75, 3.05) is 4.90 Å². The number of anilines is 1. The van der Waals surface area contributed by atoms with Crippen molar-refractivity contribution in [2.45, 2.75) is 77.7 Å². The van der Waals surface area contributed by atoms with Crippen LogP contribution in [0.3, 0.4) is 0 Å². The van der Waals surface area contributed by atoms with Gasteiger partial charge in [0.15, 0.2) is 5.78 Å². The van der Waals surface area contributed by atoms with Gasteiger partial charge in [0.05, 0.1) is 6.42 Å². The van der Waals surface area contributed by atoms with Gasteiger partial charge in [-0.05, 0) is 71.3 Å². The molecule has 0 spiro atoms. The average Bonchev–Trinajstić information content (AvgIpc) is 3.36. The third kappa shape index (κ3) is 5.99. The van der Waals surface area contributed by atoms with Gasteiger partial charge >= 0.3 is 0 Å². The Labute approximate surface area is 237 Å². The maximum Gasteiger partial charge on any atom is 0.232 e. The molecule has 5 rings (SSSR count). The van der Waals surface area contributed by atoms with Gasteiger partial charge in [0.25, 0.3) is 0 Å². The van der Waals surface area contributed by atoms with E-state index in [1.54, 1.807) is 17.0 Å². The summed E-state index contributed by atoms with van der Waals surface area (Å²) in [7, 11) is 0. The molecule has 0 radical (unpaired) electrons. The van der Waals surface area contributed by atoms with Crippen molar-refractivity contribution in [3.8, 4) is 5.75 Å². The zero-order chi connectivity index (χ0) is 28.2. The summed E-state index contributed by atoms with van der Waals surface area (Å²) in [5.74, 6) is 0.802. The van der Waals surface area contributed by atoms with E-state index in [9.17, 15) is 14.7 Å². The Hall–Kier alpha value is -3.86. The predicted molar refractivity (Wildman–Crippen MR) is 162 cm³/mol. The number of rotatable bonds is 9. The highest BCUT2D eigenvalue weighted by molar-refractivity contribution is 6.04. The van der Waals surface area contributed by atoms with E-state index in [4.69, 9.17) is 0 Å². The Morgan fingerprint density at radius 3 is 2.35 bits per heavy atom. The van der Waals surface area contributed by atoms with Gasteiger partial charge in [-0.2, -0.15) is 0 Å². The predicted octanol–water partition coefficient (Wildman–Crippen LogP) is 8.16. The Morgan fingerprint density at radius 1 is 0.950 bits per heavy atom. The van der Waals surface area contributed by atoms with Crippen molar-refractivity contribution in [2.24, 2.45) is 5.92 Å². The molecular weight excluding hydrogens is 496 g/mol. The topological polar surface area (TPSA) is 73.4 Å². The number of H-pyrrole nitrogens is 1. The third-order valence-electron chi connectivity index (χ3n) is 8.44. The smallest absolute Gasteiger partial charge is 0.232 e. The third-order valence-corrected chi connectivity index (χ3v) is 8.44. The molecule has 0 bridgehead atoms. The minimum atomic E-state index is -0.774. The van der Waals surface area contributed by atoms with Gasteiger partial charge in [-0.15, -0.1) is 0 Å². The van der Waals surface area contributed by atoms with Gasteiger partial charge in [0.1, 0.15) is 11.8 Å². The van der Waals surface area contributed by atoms with E-state index in [-0.39, 0.29) is 23.9 Å². The fraction of sp³-hybridized carbons (Fsp3) is 0.371. The fourth-order valence-corrected chi connectivity index (χ4v) is 6.10. The normalized spacial score (nSPS) is 14.9. The second kappa shape index (κ2) is 12.1. The Kier molecular flexibility index (Phi) is 8.39. The van der Waals surface area contributed by atoms with E-state index in [0.717, 1.165) is 47.7 Å². The van der Waals surface area contributed by atoms with Crippen LogP contribution < -0.4 is 4.90 Å². The number of nitrogens with zero attached hydrogens (tertiary/aromatic N) is 1. The maximum atomic E-state index is 14.3. The number of phenolic OH excluding ortho intramolecular Hbond substituents is 1. The molecule has 1 aliphatic rings. The highest BCUT2D eigenvalue weighted by atomic mass is 16.3. The van der Waals surface area contributed by atoms with E-state index in [1.807, 2.05) is 55.6 Å². The van der Waals surface area contributed by atoms with Crippen LogP contribution in [-0.2, 0) is 16.0 Å². The number of nitrogens with one attached hydrogen (secondary N) is 1. The molecule has 1 aromatic heterocycles. The number of carbonyl (C=O) groups excluding carboxylic acids is 2. The first-order valence-electron chi connectivity index (χ1n) is 14.6. The maximum absolute atomic E-state index is 14.3. The van der Waals surface area contributed by atoms with Gasteiger partial charge in [-0.25, -0.2) is 0 Å². The number of phenols is 1. The largest absolute Gasteiger partial charge is 0.508 e. The molecule has 208 valence electrons. The van der Waals surface area contributed by atoms with E-state index >= 15 is 0 Å². The second-order valence-corrected chi connectivity index (χ2v) is 11.7. The number of hydrogen-bond donors (Lipinski definition) is 2. The van der Waals surface area contributed by atoms with Gasteiger partial charge in [0.2, 0.25) is 5.91 Å². The molecule has 0 aliphatic heterocycles. The first-order chi connectivity index (χ1) is 19.3. The summed E-state index contributed by atoms with van der Waals surface area (Å²) in [6.45, 7) is 6.12. The van der Waals surface area contributed by atoms with E-state index < -0.39 is 6.04 Å². The number of Topliss-reactive ketones (excluding diaryl/α,β-unsaturated/α-hetero) is 1. The van der Waals surface area contributed by atoms with Crippen LogP contribution in [0.1, 0.15) is 86.6 Å². The lowest BCUT2D eigenvalue weighted by Gasteiger charge is -2.33. The lowest BCUT2D eigenvalue weighted by atomic mass is 9.83. The number of aryl methyl sites for hydroxylation is 1. The van der Waals surface area contributed by atoms with Crippen molar-refractivity contribution in [3.05, 3.63) is 95.2 Å². The molecule has 3 aromatic carbocycles. The van der Waals surface area contributed by atoms with Crippen LogP contribution in [0.2, 0.25) is 0 Å². The summed E-state index contributed by atoms with van der Waals surface area (Å²) in [4.78, 5) is 33.6. The Bertz CT molecular complexity index is 1480. The summed E-state index contributed by atoms with van der Waals surface area (Å²) in [6, 6.07) is 20.5. The monoisotopic (exact) mass is 536 g/mol. The molecule has 5 nitrogen and oxygen atoms in total. The number of fused-ring (bicyclic) bond motifs is 1. The van der Waals surface area contributed by atoms with Crippen molar-refractivity contribution in [3.63, 3.8) is 0 Å². The highest BCUT2D eigenvalue weighted by Gasteiger charge is 2.34. The molecule has 1 atom stereocenters. The van der Waals surface area contributed by atoms with E-state index in [2.05, 4.69) is 31.0 Å². The Morgan fingerprint density at radius 2 is 1.65 bits per heavy atom. The molecule has 40 heavy (non-hydrogen) atoms. The molecule has 2 N–H and O–H groups in total. The molecule has 1 amide bonds. The minimum Gasteiger partial charge on any atom is -0.508 e. The van der Waals surface area contributed by atoms with Crippen molar-refractivity contribution in [1.82, 2.24) is 4.98 Å². The first kappa shape index (κ1) is 27.7. The highest BCUT2D eigenvalue weighted by Crippen LogP contribution is 2.36. The molecule has 0 saturated heterocycles. The zero-order valence-corrected chi connectivity index (χ0v) is 23.8. The van der Waals surface area contributed by atoms with Gasteiger partial charge in [0, 0.05) is 29.2 Å². The lowest BCUT2D eigenvalue weighted by molar-refractivity contribution is -0.125. The molecule has 1 heterocycles. The molecule has 5 heteroatoms. The van der Waals surface area contributed by atoms with Crippen molar-refractivity contribution in [1.29, 1.82) is 0 Å². The number of carbonyl (C=O) groups is 2. The number of para-hydroxylation sites is 1. The van der Waals surface area contributed by atoms with Gasteiger partial charge < -0.3 is 10.1 Å². The molecular formula is C35H40N2O3. The number of ketones is 1. The van der Waals surface area contributed by atoms with Crippen molar-refractivity contribution < 1.29 is 14.7 Å². The first-order valence-corrected chi connectivity index (χ1v) is 14.6. The Balaban J connectivity index is 1.58. The van der Waals surface area contributed by atoms with Crippen LogP contribution in [0.15, 0.2) is 72.9 Å². The van der Waals surface area contributed by atoms with Crippen LogP contribution in [0.5, 0.6) is 5.75 Å². The average molecular weight is 537 g/mol. The SMILES string of the molecule is Cc1cc(C(C(=O)CC2CCCCC2)N(C(=O)Cc2c[nH]c3ccccc23)c2ccc(C(C)C)cc2)ccc1O. The number of aromatic hydroxyl groups is 1. The molecule has 4 aromatic rings. The van der Waals surface area contributed by atoms with Crippen LogP contribution in [0, 0.1) is 12.8 Å². The number of benzene rings is 3. The van der Waals surface area contributed by atoms with E-state index in [1.165, 1.54) is 12.0 Å². The number of aromatic nitrogens is 1. The van der Waals surface area contributed by atoms with Crippen molar-refractivity contribution >= 4 is 28.3 Å². The van der Waals surface area contributed by atoms with Crippen LogP contribution in [0.25, 0.3) is 10.9 Å². The second-order valence-electron chi connectivity index (χ2n) is 11.7. The number of amides is 1. The standard InChI is InChI=1S/C35H40N2O3/c1-23(2)26-13-16-29(17-14-26)37(34(40)21-28-22-36-31-12-8-7-11-30(28)31)35(27-15-18-32(38)24(3)19-27)33(39)20-25-9-5-4-6-10-25/h7-8,11-19,22-23,25,35-36,38H,4-6,9-10,20-21H2,1-3H3. The van der Waals surface area contributed by atoms with E-state index in [0.29, 0.717) is 29.5 Å². The number of aromatic amines is 1. The van der Waals surface area contributed by atoms with Crippen LogP contribution in [-0.4, -0.2) is 21.8 Å². The summed E-state index contributed by atoms with van der Waals surface area (Å²) in [6.07, 6.45) is 8.15. The van der Waals surface area contributed by atoms with Crippen LogP contribution >= 0.6 is 0 Å². The summed E-state index contributed by atoms with van der Waals surface area (Å²) in [5.41, 5.74) is 5.20. The molecule has 1 aliphatic carbocycles. The lowest BCUT2D eigenvalue weighted by Crippen LogP contribution is -2.40. The summed E-state index contributed by atoms with van der Waals surface area (Å²) >= 11 is 0. The summed E-state index contributed by atoms with van der Waals surface area (Å²) < 4.78 is 0. The molecule has 1 fully saturated rings. The quantitative estimate of drug-likeness (QED) is 0.227. The fourth-order valence-electron chi connectivity index (χ4n) is 6.10. The zero-order valence-electron chi connectivity index (χ0n) is 23.8. The number of hydrogen-bond acceptors (Lipinski definition) is 3. The molecule has 1 unspecified atom stereocenters. The minimum absolute atomic E-state index is 0.0530. The van der Waals surface area contributed by atoms with Gasteiger partial charge in [-0.3, -0.25) is 14.5 Å². The summed E-state index contributed by atoms with van der Waals surface area (Å²) in [5, 5.41) is 11.3. The molecule has 1 saturated carbocycles. The van der Waals surface area contributed by atoms with Gasteiger partial charge in [-0.1, -0.05) is 82.3 Å². The van der Waals surface area contributed by atoms with Crippen LogP contribution in [0.4, 0.5) is 5.69 Å².